The van der Waals surface area contributed by atoms with E-state index in [2.05, 4.69) is 61.8 Å². The lowest BCUT2D eigenvalue weighted by Gasteiger charge is -2.14. The van der Waals surface area contributed by atoms with Crippen molar-refractivity contribution in [2.24, 2.45) is 0 Å². The summed E-state index contributed by atoms with van der Waals surface area (Å²) in [4.78, 5) is 0. The van der Waals surface area contributed by atoms with Gasteiger partial charge in [-0.1, -0.05) is 160 Å². The van der Waals surface area contributed by atoms with Gasteiger partial charge >= 0.3 is 0 Å². The van der Waals surface area contributed by atoms with E-state index in [0.29, 0.717) is 0 Å². The van der Waals surface area contributed by atoms with Gasteiger partial charge in [0.2, 0.25) is 0 Å². The fourth-order valence-electron chi connectivity index (χ4n) is 4.84. The maximum Gasteiger partial charge on any atom is 0.132 e. The highest BCUT2D eigenvalue weighted by atomic mass is 28.3. The fourth-order valence-corrected chi connectivity index (χ4v) is 6.70. The maximum absolute atomic E-state index is 5.77. The lowest BCUT2D eigenvalue weighted by molar-refractivity contribution is 0.117. The van der Waals surface area contributed by atoms with E-state index in [0.717, 1.165) is 19.6 Å². The predicted octanol–water partition coefficient (Wildman–Crippen LogP) is 11.3. The predicted molar refractivity (Wildman–Crippen MR) is 164 cm³/mol. The van der Waals surface area contributed by atoms with Crippen LogP contribution in [0.2, 0.25) is 19.1 Å². The van der Waals surface area contributed by atoms with E-state index in [4.69, 9.17) is 4.74 Å². The second-order valence-corrected chi connectivity index (χ2v) is 16.1. The van der Waals surface area contributed by atoms with Gasteiger partial charge in [0.25, 0.3) is 0 Å². The molecule has 0 aliphatic rings. The summed E-state index contributed by atoms with van der Waals surface area (Å²) in [5.41, 5.74) is 4.97. The van der Waals surface area contributed by atoms with Gasteiger partial charge in [-0.2, -0.15) is 0 Å². The molecule has 0 fully saturated rings. The van der Waals surface area contributed by atoms with E-state index < -0.39 is 8.07 Å². The van der Waals surface area contributed by atoms with Gasteiger partial charge in [0.1, 0.15) is 8.07 Å². The molecule has 0 unspecified atom stereocenters. The van der Waals surface area contributed by atoms with Crippen LogP contribution in [-0.4, -0.2) is 14.7 Å². The average Bonchev–Trinajstić information content (AvgIpc) is 2.88. The van der Waals surface area contributed by atoms with E-state index in [-0.39, 0.29) is 0 Å². The molecule has 0 saturated heterocycles. The van der Waals surface area contributed by atoms with Crippen LogP contribution < -0.4 is 0 Å². The third kappa shape index (κ3) is 22.2. The van der Waals surface area contributed by atoms with Crippen LogP contribution in [-0.2, 0) is 11.3 Å². The van der Waals surface area contributed by atoms with Crippen LogP contribution in [0.25, 0.3) is 0 Å². The van der Waals surface area contributed by atoms with Crippen LogP contribution in [0.3, 0.4) is 0 Å². The molecule has 0 aliphatic heterocycles. The Bertz CT molecular complexity index is 642. The standard InChI is InChI=1S/C34H60OSi/c1-4-5-6-7-8-9-10-11-12-13-14-15-17-20-26-31-36(2,3)32-27-21-18-16-19-25-30-35-33-34-28-23-22-24-29-34/h22-24,28-29H,4-21,25-26,30-31,33H2,1-3H3. The first-order chi connectivity index (χ1) is 17.6. The van der Waals surface area contributed by atoms with Crippen molar-refractivity contribution in [3.8, 4) is 11.5 Å². The summed E-state index contributed by atoms with van der Waals surface area (Å²) in [5, 5.41) is 0. The van der Waals surface area contributed by atoms with Gasteiger partial charge in [0.05, 0.1) is 6.61 Å². The first-order valence-electron chi connectivity index (χ1n) is 15.8. The van der Waals surface area contributed by atoms with Gasteiger partial charge in [0.15, 0.2) is 0 Å². The topological polar surface area (TPSA) is 9.23 Å². The quantitative estimate of drug-likeness (QED) is 0.0760. The number of unbranched alkanes of at least 4 members (excludes halogenated alkanes) is 18. The van der Waals surface area contributed by atoms with Crippen LogP contribution in [0.1, 0.15) is 141 Å². The maximum atomic E-state index is 5.77. The molecule has 0 saturated carbocycles. The molecule has 0 spiro atoms. The van der Waals surface area contributed by atoms with E-state index in [1.54, 1.807) is 0 Å². The van der Waals surface area contributed by atoms with E-state index >= 15 is 0 Å². The third-order valence-corrected chi connectivity index (χ3v) is 9.74. The molecule has 0 heterocycles. The molecule has 0 amide bonds. The minimum Gasteiger partial charge on any atom is -0.377 e. The summed E-state index contributed by atoms with van der Waals surface area (Å²) in [6.07, 6.45) is 27.7. The van der Waals surface area contributed by atoms with Crippen LogP contribution in [0, 0.1) is 11.5 Å². The summed E-state index contributed by atoms with van der Waals surface area (Å²) in [6.45, 7) is 8.85. The van der Waals surface area contributed by atoms with Crippen molar-refractivity contribution in [1.82, 2.24) is 0 Å². The summed E-state index contributed by atoms with van der Waals surface area (Å²) in [5.74, 6) is 3.53. The number of benzene rings is 1. The minimum absolute atomic E-state index is 0.741. The zero-order chi connectivity index (χ0) is 26.0. The Morgan fingerprint density at radius 2 is 1.11 bits per heavy atom. The van der Waals surface area contributed by atoms with E-state index in [1.807, 2.05) is 0 Å². The lowest BCUT2D eigenvalue weighted by Crippen LogP contribution is -2.22. The second-order valence-electron chi connectivity index (χ2n) is 11.6. The summed E-state index contributed by atoms with van der Waals surface area (Å²) in [6, 6.07) is 11.8. The fraction of sp³-hybridized carbons (Fsp3) is 0.765. The van der Waals surface area contributed by atoms with Gasteiger partial charge in [-0.25, -0.2) is 0 Å². The Hall–Kier alpha value is -1.04. The molecule has 1 nitrogen and oxygen atoms in total. The number of ether oxygens (including phenoxy) is 1. The Labute approximate surface area is 227 Å². The van der Waals surface area contributed by atoms with Gasteiger partial charge in [-0.05, 0) is 24.4 Å². The molecule has 0 N–H and O–H groups in total. The third-order valence-electron chi connectivity index (χ3n) is 7.28. The smallest absolute Gasteiger partial charge is 0.132 e. The molecule has 0 atom stereocenters. The number of hydrogen-bond acceptors (Lipinski definition) is 1. The van der Waals surface area contributed by atoms with Gasteiger partial charge in [0, 0.05) is 13.0 Å². The Morgan fingerprint density at radius 3 is 1.69 bits per heavy atom. The molecule has 1 rings (SSSR count). The largest absolute Gasteiger partial charge is 0.377 e. The molecular weight excluding hydrogens is 452 g/mol. The van der Waals surface area contributed by atoms with Crippen molar-refractivity contribution in [2.45, 2.75) is 161 Å². The molecule has 0 aromatic heterocycles. The molecule has 1 aromatic carbocycles. The monoisotopic (exact) mass is 512 g/mol. The molecule has 0 aliphatic carbocycles. The molecule has 0 radical (unpaired) electrons. The molecular formula is C34H60OSi. The van der Waals surface area contributed by atoms with Crippen molar-refractivity contribution in [3.05, 3.63) is 35.9 Å². The van der Waals surface area contributed by atoms with Crippen molar-refractivity contribution in [2.75, 3.05) is 6.61 Å². The minimum atomic E-state index is -1.31. The van der Waals surface area contributed by atoms with Gasteiger partial charge < -0.3 is 4.74 Å². The SMILES string of the molecule is CCCCCCCCCCCCCCCCC[Si](C)(C)C#CCCCCCCOCc1ccccc1. The van der Waals surface area contributed by atoms with E-state index in [1.165, 1.54) is 134 Å². The Balaban J connectivity index is 1.84. The van der Waals surface area contributed by atoms with Gasteiger partial charge in [-0.15, -0.1) is 11.5 Å². The van der Waals surface area contributed by atoms with Crippen LogP contribution in [0.15, 0.2) is 30.3 Å². The molecule has 206 valence electrons. The molecule has 1 aromatic rings. The van der Waals surface area contributed by atoms with Crippen molar-refractivity contribution >= 4 is 8.07 Å². The highest BCUT2D eigenvalue weighted by molar-refractivity contribution is 6.85. The van der Waals surface area contributed by atoms with Crippen molar-refractivity contribution in [1.29, 1.82) is 0 Å². The van der Waals surface area contributed by atoms with Crippen LogP contribution in [0.4, 0.5) is 0 Å². The number of rotatable bonds is 24. The first-order valence-corrected chi connectivity index (χ1v) is 19.0. The summed E-state index contributed by atoms with van der Waals surface area (Å²) < 4.78 is 5.77. The summed E-state index contributed by atoms with van der Waals surface area (Å²) >= 11 is 0. The van der Waals surface area contributed by atoms with E-state index in [9.17, 15) is 0 Å². The van der Waals surface area contributed by atoms with Gasteiger partial charge in [-0.3, -0.25) is 0 Å². The highest BCUT2D eigenvalue weighted by Crippen LogP contribution is 2.17. The molecule has 0 bridgehead atoms. The molecule has 2 heteroatoms. The van der Waals surface area contributed by atoms with Crippen LogP contribution in [0.5, 0.6) is 0 Å². The normalized spacial score (nSPS) is 11.4. The summed E-state index contributed by atoms with van der Waals surface area (Å²) in [7, 11) is -1.31. The molecule has 36 heavy (non-hydrogen) atoms. The zero-order valence-electron chi connectivity index (χ0n) is 24.6. The Morgan fingerprint density at radius 1 is 0.611 bits per heavy atom. The highest BCUT2D eigenvalue weighted by Gasteiger charge is 2.16. The average molecular weight is 513 g/mol. The first kappa shape index (κ1) is 33.0. The van der Waals surface area contributed by atoms with Crippen LogP contribution >= 0.6 is 0 Å². The number of hydrogen-bond donors (Lipinski definition) is 0. The zero-order valence-corrected chi connectivity index (χ0v) is 25.6. The Kier molecular flexibility index (Phi) is 22.3. The van der Waals surface area contributed by atoms with Crippen molar-refractivity contribution < 1.29 is 4.74 Å². The van der Waals surface area contributed by atoms with Crippen molar-refractivity contribution in [3.63, 3.8) is 0 Å². The lowest BCUT2D eigenvalue weighted by atomic mass is 10.0. The second kappa shape index (κ2) is 24.3.